The molecule has 1 unspecified atom stereocenters. The maximum atomic E-state index is 6.66. The van der Waals surface area contributed by atoms with Crippen molar-refractivity contribution in [3.63, 3.8) is 0 Å². The van der Waals surface area contributed by atoms with Gasteiger partial charge in [0.25, 0.3) is 0 Å². The van der Waals surface area contributed by atoms with Crippen LogP contribution in [0, 0.1) is 0 Å². The number of rotatable bonds is 6. The van der Waals surface area contributed by atoms with Crippen LogP contribution in [0.3, 0.4) is 0 Å². The van der Waals surface area contributed by atoms with Crippen molar-refractivity contribution in [3.05, 3.63) is 135 Å². The Kier molecular flexibility index (Phi) is 7.65. The summed E-state index contributed by atoms with van der Waals surface area (Å²) < 4.78 is 0. The second-order valence-electron chi connectivity index (χ2n) is 8.99. The number of anilines is 1. The lowest BCUT2D eigenvalue weighted by molar-refractivity contribution is 0.217. The van der Waals surface area contributed by atoms with Gasteiger partial charge in [-0.15, -0.1) is 0 Å². The molecule has 0 aromatic heterocycles. The Morgan fingerprint density at radius 2 is 1.29 bits per heavy atom. The first kappa shape index (κ1) is 24.2. The molecule has 1 aliphatic heterocycles. The number of piperazine rings is 1. The summed E-state index contributed by atoms with van der Waals surface area (Å²) in [5.41, 5.74) is 4.91. The molecule has 0 N–H and O–H groups in total. The molecule has 5 heteroatoms. The summed E-state index contributed by atoms with van der Waals surface area (Å²) >= 11 is 19.1. The zero-order chi connectivity index (χ0) is 24.2. The minimum atomic E-state index is 0.145. The molecule has 0 bridgehead atoms. The molecule has 4 aromatic rings. The van der Waals surface area contributed by atoms with Crippen molar-refractivity contribution in [2.24, 2.45) is 0 Å². The third kappa shape index (κ3) is 5.68. The molecule has 0 spiro atoms. The van der Waals surface area contributed by atoms with E-state index in [1.54, 1.807) is 0 Å². The third-order valence-electron chi connectivity index (χ3n) is 6.78. The van der Waals surface area contributed by atoms with Gasteiger partial charge < -0.3 is 4.90 Å². The van der Waals surface area contributed by atoms with E-state index in [-0.39, 0.29) is 6.04 Å². The lowest BCUT2D eigenvalue weighted by Crippen LogP contribution is -2.49. The maximum Gasteiger partial charge on any atom is 0.0670 e. The van der Waals surface area contributed by atoms with Crippen LogP contribution in [-0.4, -0.2) is 31.1 Å². The molecule has 5 rings (SSSR count). The molecule has 1 fully saturated rings. The SMILES string of the molecule is Clc1ccc(C2CN(CC(c3ccccc3)c3ccccc3)CCN2c2ccc(Cl)cc2Cl)cc1. The molecule has 1 saturated heterocycles. The zero-order valence-electron chi connectivity index (χ0n) is 19.3. The average Bonchev–Trinajstić information content (AvgIpc) is 2.89. The quantitative estimate of drug-likeness (QED) is 0.251. The first-order valence-electron chi connectivity index (χ1n) is 11.9. The van der Waals surface area contributed by atoms with E-state index < -0.39 is 0 Å². The molecule has 35 heavy (non-hydrogen) atoms. The standard InChI is InChI=1S/C30H27Cl3N2/c31-25-13-11-24(12-14-25)30-21-34(17-18-35(30)29-16-15-26(32)19-28(29)33)20-27(22-7-3-1-4-8-22)23-9-5-2-6-10-23/h1-16,19,27,30H,17-18,20-21H2. The Morgan fingerprint density at radius 1 is 0.686 bits per heavy atom. The lowest BCUT2D eigenvalue weighted by atomic mass is 9.90. The summed E-state index contributed by atoms with van der Waals surface area (Å²) in [5.74, 6) is 0.300. The van der Waals surface area contributed by atoms with Crippen molar-refractivity contribution in [1.29, 1.82) is 0 Å². The van der Waals surface area contributed by atoms with Gasteiger partial charge in [0, 0.05) is 42.1 Å². The second kappa shape index (κ2) is 11.1. The largest absolute Gasteiger partial charge is 0.361 e. The van der Waals surface area contributed by atoms with Crippen LogP contribution >= 0.6 is 34.8 Å². The Hall–Kier alpha value is -2.49. The normalized spacial score (nSPS) is 16.6. The van der Waals surface area contributed by atoms with Gasteiger partial charge in [-0.2, -0.15) is 0 Å². The predicted molar refractivity (Wildman–Crippen MR) is 149 cm³/mol. The van der Waals surface area contributed by atoms with E-state index >= 15 is 0 Å². The van der Waals surface area contributed by atoms with Gasteiger partial charge >= 0.3 is 0 Å². The van der Waals surface area contributed by atoms with Crippen molar-refractivity contribution in [1.82, 2.24) is 4.90 Å². The highest BCUT2D eigenvalue weighted by Gasteiger charge is 2.31. The van der Waals surface area contributed by atoms with Gasteiger partial charge in [-0.25, -0.2) is 0 Å². The molecular weight excluding hydrogens is 495 g/mol. The van der Waals surface area contributed by atoms with E-state index in [4.69, 9.17) is 34.8 Å². The zero-order valence-corrected chi connectivity index (χ0v) is 21.6. The fourth-order valence-electron chi connectivity index (χ4n) is 5.01. The van der Waals surface area contributed by atoms with E-state index in [2.05, 4.69) is 82.6 Å². The van der Waals surface area contributed by atoms with E-state index in [9.17, 15) is 0 Å². The number of hydrogen-bond donors (Lipinski definition) is 0. The third-order valence-corrected chi connectivity index (χ3v) is 7.57. The van der Waals surface area contributed by atoms with Crippen molar-refractivity contribution in [2.45, 2.75) is 12.0 Å². The minimum absolute atomic E-state index is 0.145. The highest BCUT2D eigenvalue weighted by atomic mass is 35.5. The predicted octanol–water partition coefficient (Wildman–Crippen LogP) is 8.34. The summed E-state index contributed by atoms with van der Waals surface area (Å²) in [7, 11) is 0. The minimum Gasteiger partial charge on any atom is -0.361 e. The molecule has 1 aliphatic rings. The molecule has 2 nitrogen and oxygen atoms in total. The fourth-order valence-corrected chi connectivity index (χ4v) is 5.65. The summed E-state index contributed by atoms with van der Waals surface area (Å²) in [6, 6.07) is 35.7. The Bertz CT molecular complexity index is 1210. The first-order valence-corrected chi connectivity index (χ1v) is 13.0. The van der Waals surface area contributed by atoms with Crippen molar-refractivity contribution in [3.8, 4) is 0 Å². The number of halogens is 3. The van der Waals surface area contributed by atoms with Crippen LogP contribution in [0.5, 0.6) is 0 Å². The topological polar surface area (TPSA) is 6.48 Å². The van der Waals surface area contributed by atoms with Crippen molar-refractivity contribution < 1.29 is 0 Å². The summed E-state index contributed by atoms with van der Waals surface area (Å²) in [5, 5.41) is 2.07. The number of nitrogens with zero attached hydrogens (tertiary/aromatic N) is 2. The molecule has 0 aliphatic carbocycles. The molecule has 0 saturated carbocycles. The van der Waals surface area contributed by atoms with Crippen LogP contribution in [0.2, 0.25) is 15.1 Å². The monoisotopic (exact) mass is 520 g/mol. The van der Waals surface area contributed by atoms with Gasteiger partial charge in [0.15, 0.2) is 0 Å². The Morgan fingerprint density at radius 3 is 1.89 bits per heavy atom. The van der Waals surface area contributed by atoms with Gasteiger partial charge in [-0.3, -0.25) is 4.90 Å². The van der Waals surface area contributed by atoms with Crippen LogP contribution in [0.25, 0.3) is 0 Å². The van der Waals surface area contributed by atoms with E-state index in [1.807, 2.05) is 30.3 Å². The molecule has 178 valence electrons. The van der Waals surface area contributed by atoms with Crippen LogP contribution in [0.4, 0.5) is 5.69 Å². The van der Waals surface area contributed by atoms with E-state index in [1.165, 1.54) is 16.7 Å². The average molecular weight is 522 g/mol. The van der Waals surface area contributed by atoms with Gasteiger partial charge in [0.2, 0.25) is 0 Å². The highest BCUT2D eigenvalue weighted by Crippen LogP contribution is 2.37. The maximum absolute atomic E-state index is 6.66. The smallest absolute Gasteiger partial charge is 0.0670 e. The lowest BCUT2D eigenvalue weighted by Gasteiger charge is -2.44. The van der Waals surface area contributed by atoms with Crippen LogP contribution in [0.15, 0.2) is 103 Å². The van der Waals surface area contributed by atoms with Crippen LogP contribution in [-0.2, 0) is 0 Å². The van der Waals surface area contributed by atoms with Gasteiger partial charge in [0.05, 0.1) is 16.8 Å². The van der Waals surface area contributed by atoms with Gasteiger partial charge in [-0.05, 0) is 47.0 Å². The Balaban J connectivity index is 1.46. The molecule has 1 atom stereocenters. The molecular formula is C30H27Cl3N2. The molecule has 0 amide bonds. The van der Waals surface area contributed by atoms with Crippen LogP contribution in [0.1, 0.15) is 28.7 Å². The summed E-state index contributed by atoms with van der Waals surface area (Å²) in [6.07, 6.45) is 0. The van der Waals surface area contributed by atoms with E-state index in [0.717, 1.165) is 36.9 Å². The van der Waals surface area contributed by atoms with E-state index in [0.29, 0.717) is 16.0 Å². The fraction of sp³-hybridized carbons (Fsp3) is 0.200. The summed E-state index contributed by atoms with van der Waals surface area (Å²) in [6.45, 7) is 3.64. The van der Waals surface area contributed by atoms with Crippen molar-refractivity contribution in [2.75, 3.05) is 31.1 Å². The Labute approximate surface area is 222 Å². The summed E-state index contributed by atoms with van der Waals surface area (Å²) in [4.78, 5) is 4.97. The molecule has 0 radical (unpaired) electrons. The number of hydrogen-bond acceptors (Lipinski definition) is 2. The first-order chi connectivity index (χ1) is 17.1. The molecule has 1 heterocycles. The van der Waals surface area contributed by atoms with Gasteiger partial charge in [0.1, 0.15) is 0 Å². The van der Waals surface area contributed by atoms with Crippen molar-refractivity contribution >= 4 is 40.5 Å². The number of benzene rings is 4. The van der Waals surface area contributed by atoms with Gasteiger partial charge in [-0.1, -0.05) is 108 Å². The van der Waals surface area contributed by atoms with Crippen LogP contribution < -0.4 is 4.90 Å². The highest BCUT2D eigenvalue weighted by molar-refractivity contribution is 6.36. The molecule has 4 aromatic carbocycles. The second-order valence-corrected chi connectivity index (χ2v) is 10.3.